The molecule has 8 nitrogen and oxygen atoms in total. The van der Waals surface area contributed by atoms with Crippen LogP contribution in [-0.4, -0.2) is 41.0 Å². The lowest BCUT2D eigenvalue weighted by Gasteiger charge is -2.25. The number of aliphatic hydroxyl groups excluding tert-OH is 1. The summed E-state index contributed by atoms with van der Waals surface area (Å²) < 4.78 is 5.86. The number of aliphatic hydroxyl groups is 1. The molecular formula is C36H39N3O5. The van der Waals surface area contributed by atoms with Crippen molar-refractivity contribution < 1.29 is 24.2 Å². The molecule has 0 spiro atoms. The molecular weight excluding hydrogens is 554 g/mol. The molecule has 0 unspecified atom stereocenters. The van der Waals surface area contributed by atoms with Crippen molar-refractivity contribution in [2.75, 3.05) is 0 Å². The van der Waals surface area contributed by atoms with E-state index >= 15 is 0 Å². The van der Waals surface area contributed by atoms with E-state index in [4.69, 9.17) is 4.74 Å². The lowest BCUT2D eigenvalue weighted by Crippen LogP contribution is -2.57. The van der Waals surface area contributed by atoms with Crippen LogP contribution in [0.1, 0.15) is 35.6 Å². The zero-order chi connectivity index (χ0) is 31.3. The first-order chi connectivity index (χ1) is 21.3. The first-order valence-corrected chi connectivity index (χ1v) is 14.7. The van der Waals surface area contributed by atoms with Crippen LogP contribution in [0.3, 0.4) is 0 Å². The average molecular weight is 594 g/mol. The SMILES string of the molecule is Cc1ccc(CNC(=O)[C@H](CCc2ccccc2)NC(=O)[C@@H](NC(=O)Cc2cccc(Oc3ccccc3)c2)[C@@H](C)O)cc1. The van der Waals surface area contributed by atoms with Gasteiger partial charge < -0.3 is 25.8 Å². The van der Waals surface area contributed by atoms with Gasteiger partial charge in [-0.05, 0) is 67.6 Å². The molecule has 3 atom stereocenters. The van der Waals surface area contributed by atoms with Gasteiger partial charge in [-0.15, -0.1) is 0 Å². The summed E-state index contributed by atoms with van der Waals surface area (Å²) in [4.78, 5) is 39.6. The van der Waals surface area contributed by atoms with Crippen molar-refractivity contribution in [2.24, 2.45) is 0 Å². The number of para-hydroxylation sites is 1. The summed E-state index contributed by atoms with van der Waals surface area (Å²) in [5, 5.41) is 18.8. The highest BCUT2D eigenvalue weighted by Gasteiger charge is 2.29. The summed E-state index contributed by atoms with van der Waals surface area (Å²) >= 11 is 0. The fourth-order valence-corrected chi connectivity index (χ4v) is 4.66. The zero-order valence-corrected chi connectivity index (χ0v) is 25.0. The lowest BCUT2D eigenvalue weighted by molar-refractivity contribution is -0.134. The maximum absolute atomic E-state index is 13.4. The fraction of sp³-hybridized carbons (Fsp3) is 0.250. The van der Waals surface area contributed by atoms with E-state index in [9.17, 15) is 19.5 Å². The summed E-state index contributed by atoms with van der Waals surface area (Å²) in [5.41, 5.74) is 3.76. The van der Waals surface area contributed by atoms with Crippen molar-refractivity contribution in [2.45, 2.75) is 57.8 Å². The summed E-state index contributed by atoms with van der Waals surface area (Å²) in [6.45, 7) is 3.72. The van der Waals surface area contributed by atoms with Gasteiger partial charge in [-0.25, -0.2) is 0 Å². The van der Waals surface area contributed by atoms with E-state index in [1.54, 1.807) is 24.3 Å². The third kappa shape index (κ3) is 10.1. The molecule has 44 heavy (non-hydrogen) atoms. The second-order valence-corrected chi connectivity index (χ2v) is 10.8. The molecule has 3 amide bonds. The molecule has 4 N–H and O–H groups in total. The summed E-state index contributed by atoms with van der Waals surface area (Å²) in [6, 6.07) is 31.8. The highest BCUT2D eigenvalue weighted by atomic mass is 16.5. The van der Waals surface area contributed by atoms with Gasteiger partial charge in [0.25, 0.3) is 0 Å². The van der Waals surface area contributed by atoms with Crippen LogP contribution in [0.4, 0.5) is 0 Å². The number of carbonyl (C=O) groups is 3. The largest absolute Gasteiger partial charge is 0.457 e. The Morgan fingerprint density at radius 2 is 1.36 bits per heavy atom. The van der Waals surface area contributed by atoms with E-state index in [0.29, 0.717) is 36.4 Å². The smallest absolute Gasteiger partial charge is 0.245 e. The van der Waals surface area contributed by atoms with Crippen LogP contribution in [-0.2, 0) is 33.8 Å². The van der Waals surface area contributed by atoms with Crippen LogP contribution in [0.2, 0.25) is 0 Å². The Hall–Kier alpha value is -4.95. The maximum atomic E-state index is 13.4. The molecule has 0 aliphatic carbocycles. The van der Waals surface area contributed by atoms with E-state index in [2.05, 4.69) is 16.0 Å². The number of carbonyl (C=O) groups excluding carboxylic acids is 3. The van der Waals surface area contributed by atoms with Crippen LogP contribution in [0.5, 0.6) is 11.5 Å². The summed E-state index contributed by atoms with van der Waals surface area (Å²) in [5.74, 6) is -0.194. The Morgan fingerprint density at radius 1 is 0.727 bits per heavy atom. The van der Waals surface area contributed by atoms with Crippen molar-refractivity contribution in [3.8, 4) is 11.5 Å². The van der Waals surface area contributed by atoms with Crippen molar-refractivity contribution in [3.63, 3.8) is 0 Å². The minimum Gasteiger partial charge on any atom is -0.457 e. The van der Waals surface area contributed by atoms with E-state index in [-0.39, 0.29) is 12.3 Å². The van der Waals surface area contributed by atoms with Gasteiger partial charge in [0.05, 0.1) is 12.5 Å². The van der Waals surface area contributed by atoms with E-state index in [1.165, 1.54) is 6.92 Å². The van der Waals surface area contributed by atoms with Crippen LogP contribution >= 0.6 is 0 Å². The number of hydrogen-bond donors (Lipinski definition) is 4. The van der Waals surface area contributed by atoms with Gasteiger partial charge in [-0.1, -0.05) is 90.5 Å². The van der Waals surface area contributed by atoms with Crippen LogP contribution in [0.25, 0.3) is 0 Å². The average Bonchev–Trinajstić information content (AvgIpc) is 3.02. The quantitative estimate of drug-likeness (QED) is 0.170. The molecule has 228 valence electrons. The Morgan fingerprint density at radius 3 is 2.05 bits per heavy atom. The normalized spacial score (nSPS) is 12.8. The van der Waals surface area contributed by atoms with Gasteiger partial charge in [0.15, 0.2) is 0 Å². The molecule has 0 fully saturated rings. The Bertz CT molecular complexity index is 1510. The van der Waals surface area contributed by atoms with Gasteiger partial charge in [0.1, 0.15) is 23.6 Å². The minimum atomic E-state index is -1.25. The molecule has 0 aliphatic rings. The third-order valence-corrected chi connectivity index (χ3v) is 7.11. The second-order valence-electron chi connectivity index (χ2n) is 10.8. The molecule has 4 rings (SSSR count). The molecule has 4 aromatic rings. The van der Waals surface area contributed by atoms with Gasteiger partial charge >= 0.3 is 0 Å². The monoisotopic (exact) mass is 593 g/mol. The molecule has 0 bridgehead atoms. The number of aryl methyl sites for hydroxylation is 2. The second kappa shape index (κ2) is 16.0. The Labute approximate surface area is 258 Å². The fourth-order valence-electron chi connectivity index (χ4n) is 4.66. The van der Waals surface area contributed by atoms with Gasteiger partial charge in [-0.2, -0.15) is 0 Å². The standard InChI is InChI=1S/C36H39N3O5/c1-25-16-18-28(19-17-25)24-37-35(42)32(21-20-27-10-5-3-6-11-27)38-36(43)34(26(2)40)39-33(41)23-29-12-9-15-31(22-29)44-30-13-7-4-8-14-30/h3-19,22,26,32,34,40H,20-21,23-24H2,1-2H3,(H,37,42)(H,38,43)(H,39,41)/t26-,32+,34+/m1/s1. The molecule has 0 saturated heterocycles. The third-order valence-electron chi connectivity index (χ3n) is 7.11. The first kappa shape index (κ1) is 32.0. The lowest BCUT2D eigenvalue weighted by atomic mass is 10.0. The highest BCUT2D eigenvalue weighted by Crippen LogP contribution is 2.22. The molecule has 0 radical (unpaired) electrons. The topological polar surface area (TPSA) is 117 Å². The zero-order valence-electron chi connectivity index (χ0n) is 25.0. The molecule has 0 saturated carbocycles. The van der Waals surface area contributed by atoms with Crippen LogP contribution in [0.15, 0.2) is 109 Å². The number of rotatable bonds is 14. The van der Waals surface area contributed by atoms with Crippen LogP contribution < -0.4 is 20.7 Å². The Kier molecular flexibility index (Phi) is 11.7. The number of amides is 3. The van der Waals surface area contributed by atoms with E-state index < -0.39 is 30.0 Å². The van der Waals surface area contributed by atoms with E-state index in [0.717, 1.165) is 16.7 Å². The highest BCUT2D eigenvalue weighted by molar-refractivity contribution is 5.92. The van der Waals surface area contributed by atoms with Gasteiger partial charge in [-0.3, -0.25) is 14.4 Å². The van der Waals surface area contributed by atoms with Crippen molar-refractivity contribution in [1.82, 2.24) is 16.0 Å². The van der Waals surface area contributed by atoms with Gasteiger partial charge in [0.2, 0.25) is 17.7 Å². The number of hydrogen-bond acceptors (Lipinski definition) is 5. The molecule has 8 heteroatoms. The predicted octanol–water partition coefficient (Wildman–Crippen LogP) is 4.63. The van der Waals surface area contributed by atoms with E-state index in [1.807, 2.05) is 91.9 Å². The van der Waals surface area contributed by atoms with Crippen molar-refractivity contribution >= 4 is 17.7 Å². The molecule has 0 aromatic heterocycles. The minimum absolute atomic E-state index is 0.0308. The summed E-state index contributed by atoms with van der Waals surface area (Å²) in [7, 11) is 0. The maximum Gasteiger partial charge on any atom is 0.245 e. The number of ether oxygens (including phenoxy) is 1. The summed E-state index contributed by atoms with van der Waals surface area (Å²) in [6.07, 6.45) is -0.338. The number of benzene rings is 4. The van der Waals surface area contributed by atoms with Crippen molar-refractivity contribution in [1.29, 1.82) is 0 Å². The Balaban J connectivity index is 1.39. The number of nitrogens with one attached hydrogen (secondary N) is 3. The molecule has 0 aliphatic heterocycles. The first-order valence-electron chi connectivity index (χ1n) is 14.7. The molecule has 4 aromatic carbocycles. The van der Waals surface area contributed by atoms with Crippen LogP contribution in [0, 0.1) is 6.92 Å². The molecule has 0 heterocycles. The predicted molar refractivity (Wildman–Crippen MR) is 170 cm³/mol. The van der Waals surface area contributed by atoms with Crippen molar-refractivity contribution in [3.05, 3.63) is 131 Å². The van der Waals surface area contributed by atoms with Gasteiger partial charge in [0, 0.05) is 6.54 Å².